The highest BCUT2D eigenvalue weighted by molar-refractivity contribution is 6.18. The lowest BCUT2D eigenvalue weighted by atomic mass is 10.1. The second-order valence-electron chi connectivity index (χ2n) is 6.87. The van der Waals surface area contributed by atoms with E-state index in [-0.39, 0.29) is 11.1 Å². The minimum atomic E-state index is -0.582. The highest BCUT2D eigenvalue weighted by Crippen LogP contribution is 2.34. The van der Waals surface area contributed by atoms with Crippen LogP contribution in [0.25, 0.3) is 11.8 Å². The SMILES string of the molecule is COc1ccc(/C=C(\C(N)=O)n2c(C)cc(=O)cc2C)cc1OCC1CC1. The first-order valence-corrected chi connectivity index (χ1v) is 8.92. The molecule has 1 aromatic heterocycles. The largest absolute Gasteiger partial charge is 0.493 e. The minimum Gasteiger partial charge on any atom is -0.493 e. The lowest BCUT2D eigenvalue weighted by Crippen LogP contribution is -2.22. The third-order valence-corrected chi connectivity index (χ3v) is 4.56. The zero-order chi connectivity index (χ0) is 19.6. The summed E-state index contributed by atoms with van der Waals surface area (Å²) in [4.78, 5) is 23.8. The van der Waals surface area contributed by atoms with Gasteiger partial charge in [0.25, 0.3) is 5.91 Å². The fraction of sp³-hybridized carbons (Fsp3) is 0.333. The van der Waals surface area contributed by atoms with Crippen molar-refractivity contribution < 1.29 is 14.3 Å². The van der Waals surface area contributed by atoms with Crippen molar-refractivity contribution in [3.8, 4) is 11.5 Å². The van der Waals surface area contributed by atoms with E-state index in [4.69, 9.17) is 15.2 Å². The van der Waals surface area contributed by atoms with Gasteiger partial charge in [0.2, 0.25) is 0 Å². The van der Waals surface area contributed by atoms with Crippen molar-refractivity contribution in [2.24, 2.45) is 11.7 Å². The molecule has 1 heterocycles. The molecule has 3 rings (SSSR count). The van der Waals surface area contributed by atoms with Crippen LogP contribution in [0.5, 0.6) is 11.5 Å². The first-order chi connectivity index (χ1) is 12.9. The van der Waals surface area contributed by atoms with E-state index in [1.165, 1.54) is 25.0 Å². The third-order valence-electron chi connectivity index (χ3n) is 4.56. The van der Waals surface area contributed by atoms with Gasteiger partial charge in [-0.25, -0.2) is 0 Å². The zero-order valence-corrected chi connectivity index (χ0v) is 15.8. The first kappa shape index (κ1) is 18.8. The molecule has 1 aromatic carbocycles. The van der Waals surface area contributed by atoms with E-state index in [1.54, 1.807) is 37.7 Å². The molecule has 2 aromatic rings. The molecule has 0 radical (unpaired) electrons. The maximum atomic E-state index is 12.1. The number of benzene rings is 1. The lowest BCUT2D eigenvalue weighted by Gasteiger charge is -2.16. The normalized spacial score (nSPS) is 14.1. The smallest absolute Gasteiger partial charge is 0.265 e. The van der Waals surface area contributed by atoms with Gasteiger partial charge in [-0.05, 0) is 56.4 Å². The summed E-state index contributed by atoms with van der Waals surface area (Å²) in [5, 5.41) is 0. The molecule has 0 unspecified atom stereocenters. The average molecular weight is 368 g/mol. The van der Waals surface area contributed by atoms with Crippen molar-refractivity contribution in [2.75, 3.05) is 13.7 Å². The number of ether oxygens (including phenoxy) is 2. The fourth-order valence-electron chi connectivity index (χ4n) is 3.03. The molecule has 1 aliphatic carbocycles. The molecule has 0 saturated heterocycles. The van der Waals surface area contributed by atoms with Gasteiger partial charge in [0.1, 0.15) is 5.70 Å². The monoisotopic (exact) mass is 368 g/mol. The topological polar surface area (TPSA) is 83.5 Å². The van der Waals surface area contributed by atoms with Gasteiger partial charge in [-0.15, -0.1) is 0 Å². The van der Waals surface area contributed by atoms with Gasteiger partial charge in [-0.2, -0.15) is 0 Å². The van der Waals surface area contributed by atoms with Crippen LogP contribution in [0.3, 0.4) is 0 Å². The van der Waals surface area contributed by atoms with E-state index in [1.807, 2.05) is 12.1 Å². The Balaban J connectivity index is 2.02. The number of pyridine rings is 1. The summed E-state index contributed by atoms with van der Waals surface area (Å²) < 4.78 is 12.9. The number of aryl methyl sites for hydroxylation is 2. The molecular weight excluding hydrogens is 344 g/mol. The number of hydrogen-bond acceptors (Lipinski definition) is 4. The van der Waals surface area contributed by atoms with Crippen LogP contribution < -0.4 is 20.6 Å². The van der Waals surface area contributed by atoms with Crippen molar-refractivity contribution in [2.45, 2.75) is 26.7 Å². The summed E-state index contributed by atoms with van der Waals surface area (Å²) >= 11 is 0. The number of rotatable bonds is 7. The predicted molar refractivity (Wildman–Crippen MR) is 105 cm³/mol. The molecule has 1 fully saturated rings. The second-order valence-corrected chi connectivity index (χ2v) is 6.87. The number of methoxy groups -OCH3 is 1. The van der Waals surface area contributed by atoms with Crippen LogP contribution in [0.4, 0.5) is 0 Å². The lowest BCUT2D eigenvalue weighted by molar-refractivity contribution is -0.113. The van der Waals surface area contributed by atoms with E-state index in [0.717, 1.165) is 5.56 Å². The highest BCUT2D eigenvalue weighted by atomic mass is 16.5. The molecule has 6 nitrogen and oxygen atoms in total. The van der Waals surface area contributed by atoms with Gasteiger partial charge >= 0.3 is 0 Å². The third kappa shape index (κ3) is 4.39. The molecule has 0 spiro atoms. The number of hydrogen-bond donors (Lipinski definition) is 1. The van der Waals surface area contributed by atoms with Crippen molar-refractivity contribution in [1.29, 1.82) is 0 Å². The Morgan fingerprint density at radius 2 is 1.85 bits per heavy atom. The Labute approximate surface area is 158 Å². The van der Waals surface area contributed by atoms with Crippen molar-refractivity contribution in [1.82, 2.24) is 4.57 Å². The fourth-order valence-corrected chi connectivity index (χ4v) is 3.03. The van der Waals surface area contributed by atoms with E-state index < -0.39 is 5.91 Å². The zero-order valence-electron chi connectivity index (χ0n) is 15.8. The number of carbonyl (C=O) groups excluding carboxylic acids is 1. The van der Waals surface area contributed by atoms with Crippen LogP contribution >= 0.6 is 0 Å². The Morgan fingerprint density at radius 3 is 2.41 bits per heavy atom. The minimum absolute atomic E-state index is 0.106. The first-order valence-electron chi connectivity index (χ1n) is 8.92. The Hall–Kier alpha value is -3.02. The van der Waals surface area contributed by atoms with Gasteiger partial charge in [0.05, 0.1) is 13.7 Å². The average Bonchev–Trinajstić information content (AvgIpc) is 3.42. The number of primary amides is 1. The molecule has 6 heteroatoms. The molecule has 1 amide bonds. The summed E-state index contributed by atoms with van der Waals surface area (Å²) in [6.45, 7) is 4.19. The summed E-state index contributed by atoms with van der Waals surface area (Å²) in [5.41, 5.74) is 7.85. The Kier molecular flexibility index (Phi) is 5.35. The maximum Gasteiger partial charge on any atom is 0.265 e. The van der Waals surface area contributed by atoms with Gasteiger partial charge in [-0.3, -0.25) is 9.59 Å². The van der Waals surface area contributed by atoms with E-state index in [0.29, 0.717) is 35.4 Å². The van der Waals surface area contributed by atoms with Crippen LogP contribution in [0.15, 0.2) is 35.1 Å². The molecule has 0 atom stereocenters. The molecule has 1 aliphatic rings. The van der Waals surface area contributed by atoms with Gasteiger partial charge in [0.15, 0.2) is 16.9 Å². The molecule has 27 heavy (non-hydrogen) atoms. The van der Waals surface area contributed by atoms with Gasteiger partial charge < -0.3 is 19.8 Å². The Morgan fingerprint density at radius 1 is 1.19 bits per heavy atom. The summed E-state index contributed by atoms with van der Waals surface area (Å²) in [6, 6.07) is 8.41. The number of aromatic nitrogens is 1. The molecule has 1 saturated carbocycles. The number of nitrogens with two attached hydrogens (primary N) is 1. The summed E-state index contributed by atoms with van der Waals surface area (Å²) in [5.74, 6) is 1.31. The van der Waals surface area contributed by atoms with E-state index in [9.17, 15) is 9.59 Å². The molecule has 2 N–H and O–H groups in total. The van der Waals surface area contributed by atoms with Crippen LogP contribution in [-0.4, -0.2) is 24.2 Å². The van der Waals surface area contributed by atoms with Crippen molar-refractivity contribution in [3.63, 3.8) is 0 Å². The number of amides is 1. The Bertz CT molecular complexity index is 929. The standard InChI is InChI=1S/C21H24N2O4/c1-13-8-17(24)9-14(2)23(13)18(21(22)25)10-16-6-7-19(26-3)20(11-16)27-12-15-4-5-15/h6-11,15H,4-5,12H2,1-3H3,(H2,22,25)/b18-10+. The van der Waals surface area contributed by atoms with E-state index in [2.05, 4.69) is 0 Å². The number of carbonyl (C=O) groups is 1. The molecule has 0 bridgehead atoms. The summed E-state index contributed by atoms with van der Waals surface area (Å²) in [6.07, 6.45) is 4.08. The van der Waals surface area contributed by atoms with Crippen LogP contribution in [-0.2, 0) is 4.79 Å². The van der Waals surface area contributed by atoms with Crippen LogP contribution in [0.2, 0.25) is 0 Å². The van der Waals surface area contributed by atoms with Crippen LogP contribution in [0, 0.1) is 19.8 Å². The quantitative estimate of drug-likeness (QED) is 0.762. The van der Waals surface area contributed by atoms with Crippen molar-refractivity contribution in [3.05, 3.63) is 57.5 Å². The molecule has 142 valence electrons. The maximum absolute atomic E-state index is 12.1. The second kappa shape index (κ2) is 7.70. The molecular formula is C21H24N2O4. The van der Waals surface area contributed by atoms with Gasteiger partial charge in [-0.1, -0.05) is 6.07 Å². The highest BCUT2D eigenvalue weighted by Gasteiger charge is 2.22. The van der Waals surface area contributed by atoms with Crippen molar-refractivity contribution >= 4 is 17.7 Å². The van der Waals surface area contributed by atoms with Crippen LogP contribution in [0.1, 0.15) is 29.8 Å². The predicted octanol–water partition coefficient (Wildman–Crippen LogP) is 2.75. The molecule has 0 aliphatic heterocycles. The van der Waals surface area contributed by atoms with Gasteiger partial charge in [0, 0.05) is 23.5 Å². The van der Waals surface area contributed by atoms with E-state index >= 15 is 0 Å². The summed E-state index contributed by atoms with van der Waals surface area (Å²) in [7, 11) is 1.59. The number of nitrogens with zero attached hydrogens (tertiary/aromatic N) is 1.